The number of hydrogen-bond donors (Lipinski definition) is 0. The van der Waals surface area contributed by atoms with E-state index in [9.17, 15) is 4.39 Å². The molecular weight excluding hydrogens is 195 g/mol. The largest absolute Gasteiger partial charge is 0.496 e. The molecule has 2 rings (SSSR count). The van der Waals surface area contributed by atoms with Crippen LogP contribution in [0.15, 0.2) is 24.5 Å². The average molecular weight is 202 g/mol. The van der Waals surface area contributed by atoms with Crippen molar-refractivity contribution in [3.05, 3.63) is 35.9 Å². The van der Waals surface area contributed by atoms with E-state index in [1.807, 2.05) is 6.07 Å². The van der Waals surface area contributed by atoms with Crippen LogP contribution in [0.3, 0.4) is 0 Å². The van der Waals surface area contributed by atoms with Gasteiger partial charge in [-0.15, -0.1) is 0 Å². The standard InChI is InChI=1S/C11H7FN2O/c1-15-10-3-2-9(12)8-6-14-5-7(4-13)11(8)10/h2-3,5-6H,1H3. The number of nitrogens with zero attached hydrogens (tertiary/aromatic N) is 2. The zero-order chi connectivity index (χ0) is 10.8. The number of halogens is 1. The summed E-state index contributed by atoms with van der Waals surface area (Å²) in [5.74, 6) is 0.0701. The van der Waals surface area contributed by atoms with E-state index in [0.717, 1.165) is 0 Å². The summed E-state index contributed by atoms with van der Waals surface area (Å²) in [6.07, 6.45) is 2.78. The lowest BCUT2D eigenvalue weighted by Gasteiger charge is -2.06. The van der Waals surface area contributed by atoms with Crippen molar-refractivity contribution in [3.63, 3.8) is 0 Å². The third-order valence-electron chi connectivity index (χ3n) is 2.17. The van der Waals surface area contributed by atoms with Gasteiger partial charge in [-0.2, -0.15) is 5.26 Å². The van der Waals surface area contributed by atoms with Crippen LogP contribution in [-0.4, -0.2) is 12.1 Å². The number of aromatic nitrogens is 1. The Bertz CT molecular complexity index is 560. The molecule has 15 heavy (non-hydrogen) atoms. The van der Waals surface area contributed by atoms with Crippen molar-refractivity contribution < 1.29 is 9.13 Å². The molecule has 0 spiro atoms. The zero-order valence-electron chi connectivity index (χ0n) is 7.99. The van der Waals surface area contributed by atoms with E-state index in [0.29, 0.717) is 22.1 Å². The summed E-state index contributed by atoms with van der Waals surface area (Å²) >= 11 is 0. The first-order valence-corrected chi connectivity index (χ1v) is 4.28. The highest BCUT2D eigenvalue weighted by atomic mass is 19.1. The minimum atomic E-state index is -0.407. The van der Waals surface area contributed by atoms with Crippen molar-refractivity contribution in [2.24, 2.45) is 0 Å². The zero-order valence-corrected chi connectivity index (χ0v) is 7.99. The minimum Gasteiger partial charge on any atom is -0.496 e. The number of benzene rings is 1. The second-order valence-corrected chi connectivity index (χ2v) is 2.97. The van der Waals surface area contributed by atoms with Gasteiger partial charge in [-0.25, -0.2) is 4.39 Å². The number of nitriles is 1. The molecule has 2 aromatic rings. The van der Waals surface area contributed by atoms with Gasteiger partial charge in [0.1, 0.15) is 17.6 Å². The molecule has 0 aliphatic heterocycles. The lowest BCUT2D eigenvalue weighted by molar-refractivity contribution is 0.419. The first-order chi connectivity index (χ1) is 7.27. The van der Waals surface area contributed by atoms with Gasteiger partial charge in [0.25, 0.3) is 0 Å². The van der Waals surface area contributed by atoms with Crippen molar-refractivity contribution in [3.8, 4) is 11.8 Å². The van der Waals surface area contributed by atoms with Gasteiger partial charge in [0.05, 0.1) is 12.7 Å². The van der Waals surface area contributed by atoms with Crippen LogP contribution in [0.2, 0.25) is 0 Å². The second-order valence-electron chi connectivity index (χ2n) is 2.97. The molecule has 0 radical (unpaired) electrons. The number of hydrogen-bond acceptors (Lipinski definition) is 3. The molecule has 1 aromatic carbocycles. The van der Waals surface area contributed by atoms with Gasteiger partial charge in [-0.05, 0) is 12.1 Å². The lowest BCUT2D eigenvalue weighted by atomic mass is 10.1. The van der Waals surface area contributed by atoms with Gasteiger partial charge in [0.15, 0.2) is 0 Å². The topological polar surface area (TPSA) is 45.9 Å². The number of ether oxygens (including phenoxy) is 1. The fourth-order valence-corrected chi connectivity index (χ4v) is 1.48. The SMILES string of the molecule is COc1ccc(F)c2cncc(C#N)c12. The van der Waals surface area contributed by atoms with Gasteiger partial charge in [0.2, 0.25) is 0 Å². The van der Waals surface area contributed by atoms with Crippen molar-refractivity contribution in [2.45, 2.75) is 0 Å². The lowest BCUT2D eigenvalue weighted by Crippen LogP contribution is -1.91. The van der Waals surface area contributed by atoms with E-state index in [1.54, 1.807) is 0 Å². The molecule has 0 saturated carbocycles. The predicted molar refractivity (Wildman–Crippen MR) is 53.0 cm³/mol. The Morgan fingerprint density at radius 1 is 1.40 bits per heavy atom. The Kier molecular flexibility index (Phi) is 2.22. The molecule has 0 aliphatic rings. The number of methoxy groups -OCH3 is 1. The first-order valence-electron chi connectivity index (χ1n) is 4.28. The van der Waals surface area contributed by atoms with Crippen LogP contribution in [0.1, 0.15) is 5.56 Å². The Morgan fingerprint density at radius 3 is 2.87 bits per heavy atom. The van der Waals surface area contributed by atoms with Crippen LogP contribution in [-0.2, 0) is 0 Å². The summed E-state index contributed by atoms with van der Waals surface area (Å²) in [6.45, 7) is 0. The molecule has 0 bridgehead atoms. The molecular formula is C11H7FN2O. The predicted octanol–water partition coefficient (Wildman–Crippen LogP) is 2.25. The fraction of sp³-hybridized carbons (Fsp3) is 0.0909. The molecule has 4 heteroatoms. The molecule has 1 heterocycles. The maximum Gasteiger partial charge on any atom is 0.132 e. The normalized spacial score (nSPS) is 9.93. The molecule has 3 nitrogen and oxygen atoms in total. The highest BCUT2D eigenvalue weighted by molar-refractivity contribution is 5.92. The maximum atomic E-state index is 13.4. The van der Waals surface area contributed by atoms with Crippen molar-refractivity contribution in [1.82, 2.24) is 4.98 Å². The summed E-state index contributed by atoms with van der Waals surface area (Å²) in [5, 5.41) is 9.65. The third-order valence-corrected chi connectivity index (χ3v) is 2.17. The third kappa shape index (κ3) is 1.38. The second kappa shape index (κ2) is 3.54. The van der Waals surface area contributed by atoms with Crippen molar-refractivity contribution >= 4 is 10.8 Å². The highest BCUT2D eigenvalue weighted by Crippen LogP contribution is 2.29. The molecule has 0 atom stereocenters. The smallest absolute Gasteiger partial charge is 0.132 e. The maximum absolute atomic E-state index is 13.4. The molecule has 0 saturated heterocycles. The van der Waals surface area contributed by atoms with E-state index in [2.05, 4.69) is 4.98 Å². The Morgan fingerprint density at radius 2 is 2.20 bits per heavy atom. The molecule has 0 fully saturated rings. The summed E-state index contributed by atoms with van der Waals surface area (Å²) in [6, 6.07) is 4.76. The van der Waals surface area contributed by atoms with E-state index < -0.39 is 5.82 Å². The van der Waals surface area contributed by atoms with Gasteiger partial charge < -0.3 is 4.74 Å². The molecule has 0 unspecified atom stereocenters. The van der Waals surface area contributed by atoms with Gasteiger partial charge in [-0.3, -0.25) is 4.98 Å². The fourth-order valence-electron chi connectivity index (χ4n) is 1.48. The van der Waals surface area contributed by atoms with E-state index in [1.165, 1.54) is 31.6 Å². The summed E-state index contributed by atoms with van der Waals surface area (Å²) in [7, 11) is 1.48. The monoisotopic (exact) mass is 202 g/mol. The van der Waals surface area contributed by atoms with Crippen LogP contribution in [0, 0.1) is 17.1 Å². The quantitative estimate of drug-likeness (QED) is 0.712. The molecule has 1 aromatic heterocycles. The number of fused-ring (bicyclic) bond motifs is 1. The van der Waals surface area contributed by atoms with Gasteiger partial charge in [-0.1, -0.05) is 0 Å². The summed E-state index contributed by atoms with van der Waals surface area (Å²) in [5.41, 5.74) is 0.309. The Balaban J connectivity index is 2.96. The number of pyridine rings is 1. The van der Waals surface area contributed by atoms with Gasteiger partial charge >= 0.3 is 0 Å². The van der Waals surface area contributed by atoms with Crippen molar-refractivity contribution in [1.29, 1.82) is 5.26 Å². The molecule has 0 N–H and O–H groups in total. The van der Waals surface area contributed by atoms with E-state index >= 15 is 0 Å². The summed E-state index contributed by atoms with van der Waals surface area (Å²) in [4.78, 5) is 3.80. The molecule has 0 aliphatic carbocycles. The highest BCUT2D eigenvalue weighted by Gasteiger charge is 2.10. The van der Waals surface area contributed by atoms with Crippen LogP contribution in [0.4, 0.5) is 4.39 Å². The Hall–Kier alpha value is -2.15. The first kappa shape index (κ1) is 9.41. The van der Waals surface area contributed by atoms with Gasteiger partial charge in [0, 0.05) is 23.2 Å². The van der Waals surface area contributed by atoms with E-state index in [4.69, 9.17) is 10.00 Å². The molecule has 74 valence electrons. The average Bonchev–Trinajstić information content (AvgIpc) is 2.29. The van der Waals surface area contributed by atoms with E-state index in [-0.39, 0.29) is 0 Å². The minimum absolute atomic E-state index is 0.299. The van der Waals surface area contributed by atoms with Crippen LogP contribution in [0.5, 0.6) is 5.75 Å². The Labute approximate surface area is 85.7 Å². The summed E-state index contributed by atoms with van der Waals surface area (Å²) < 4.78 is 18.5. The molecule has 0 amide bonds. The van der Waals surface area contributed by atoms with Crippen LogP contribution >= 0.6 is 0 Å². The van der Waals surface area contributed by atoms with Crippen LogP contribution in [0.25, 0.3) is 10.8 Å². The number of rotatable bonds is 1. The van der Waals surface area contributed by atoms with Crippen molar-refractivity contribution in [2.75, 3.05) is 7.11 Å². The van der Waals surface area contributed by atoms with Crippen LogP contribution < -0.4 is 4.74 Å².